The lowest BCUT2D eigenvalue weighted by molar-refractivity contribution is 0.793. The molecule has 0 atom stereocenters. The number of benzene rings is 12. The van der Waals surface area contributed by atoms with Gasteiger partial charge in [-0.2, -0.15) is 0 Å². The molecule has 1 aromatic heterocycles. The Morgan fingerprint density at radius 1 is 0.253 bits per heavy atom. The molecular weight excluding hydrogens is 905 g/mol. The third-order valence-electron chi connectivity index (χ3n) is 16.0. The Kier molecular flexibility index (Phi) is 9.83. The molecule has 2 nitrogen and oxygen atoms in total. The van der Waals surface area contributed by atoms with Crippen LogP contribution in [0.25, 0.3) is 94.3 Å². The SMILES string of the molecule is c1ccc(-c2ccc(N(c3ccc4c(c3)C3(c5ccccc5-c5ccccc53)c3ccccc3-4)c3ccccc3-c3ccc4c(c3)c3ccccc3n4-c3cc(-c4ccccc4)cc(-c4ccccc4)c3)cc2)cc1. The average Bonchev–Trinajstić information content (AvgIpc) is 4.31. The predicted octanol–water partition coefficient (Wildman–Crippen LogP) is 19.3. The summed E-state index contributed by atoms with van der Waals surface area (Å²) in [6, 6.07) is 108. The number of rotatable bonds is 8. The van der Waals surface area contributed by atoms with Gasteiger partial charge in [0.15, 0.2) is 0 Å². The number of nitrogens with zero attached hydrogens (tertiary/aromatic N) is 2. The van der Waals surface area contributed by atoms with Gasteiger partial charge in [-0.15, -0.1) is 0 Å². The molecule has 12 aromatic carbocycles. The van der Waals surface area contributed by atoms with Crippen LogP contribution in [0.2, 0.25) is 0 Å². The van der Waals surface area contributed by atoms with E-state index >= 15 is 0 Å². The van der Waals surface area contributed by atoms with E-state index in [4.69, 9.17) is 0 Å². The van der Waals surface area contributed by atoms with Crippen molar-refractivity contribution in [2.75, 3.05) is 4.90 Å². The van der Waals surface area contributed by atoms with E-state index in [0.29, 0.717) is 0 Å². The lowest BCUT2D eigenvalue weighted by Crippen LogP contribution is -2.26. The summed E-state index contributed by atoms with van der Waals surface area (Å²) in [5, 5.41) is 2.42. The molecule has 350 valence electrons. The van der Waals surface area contributed by atoms with E-state index in [1.54, 1.807) is 0 Å². The second-order valence-corrected chi connectivity index (χ2v) is 20.0. The minimum Gasteiger partial charge on any atom is -0.310 e. The summed E-state index contributed by atoms with van der Waals surface area (Å²) >= 11 is 0. The van der Waals surface area contributed by atoms with Crippen molar-refractivity contribution in [3.05, 3.63) is 313 Å². The minimum atomic E-state index is -0.473. The Balaban J connectivity index is 0.931. The first-order valence-electron chi connectivity index (χ1n) is 26.0. The van der Waals surface area contributed by atoms with Crippen LogP contribution in [-0.2, 0) is 5.41 Å². The molecule has 0 bridgehead atoms. The number of hydrogen-bond acceptors (Lipinski definition) is 1. The molecule has 0 saturated carbocycles. The smallest absolute Gasteiger partial charge is 0.0726 e. The van der Waals surface area contributed by atoms with Gasteiger partial charge in [0.25, 0.3) is 0 Å². The van der Waals surface area contributed by atoms with E-state index in [-0.39, 0.29) is 0 Å². The van der Waals surface area contributed by atoms with E-state index in [9.17, 15) is 0 Å². The van der Waals surface area contributed by atoms with Crippen molar-refractivity contribution in [1.82, 2.24) is 4.57 Å². The fourth-order valence-corrected chi connectivity index (χ4v) is 12.7. The molecule has 0 unspecified atom stereocenters. The van der Waals surface area contributed by atoms with E-state index in [2.05, 4.69) is 301 Å². The summed E-state index contributed by atoms with van der Waals surface area (Å²) in [6.07, 6.45) is 0. The van der Waals surface area contributed by atoms with Crippen molar-refractivity contribution in [2.45, 2.75) is 5.41 Å². The van der Waals surface area contributed by atoms with Crippen LogP contribution in [0.5, 0.6) is 0 Å². The molecule has 15 rings (SSSR count). The van der Waals surface area contributed by atoms with Gasteiger partial charge in [0.2, 0.25) is 0 Å². The van der Waals surface area contributed by atoms with Gasteiger partial charge in [-0.05, 0) is 150 Å². The van der Waals surface area contributed by atoms with E-state index in [0.717, 1.165) is 39.4 Å². The first-order valence-corrected chi connectivity index (χ1v) is 26.0. The van der Waals surface area contributed by atoms with Crippen molar-refractivity contribution in [2.24, 2.45) is 0 Å². The van der Waals surface area contributed by atoms with Crippen molar-refractivity contribution < 1.29 is 0 Å². The zero-order valence-corrected chi connectivity index (χ0v) is 41.1. The number of fused-ring (bicyclic) bond motifs is 13. The van der Waals surface area contributed by atoms with Gasteiger partial charge < -0.3 is 9.47 Å². The van der Waals surface area contributed by atoms with Crippen LogP contribution in [0.4, 0.5) is 17.1 Å². The van der Waals surface area contributed by atoms with Crippen LogP contribution < -0.4 is 4.90 Å². The zero-order chi connectivity index (χ0) is 49.5. The second-order valence-electron chi connectivity index (χ2n) is 20.0. The largest absolute Gasteiger partial charge is 0.310 e. The highest BCUT2D eigenvalue weighted by atomic mass is 15.1. The van der Waals surface area contributed by atoms with Crippen LogP contribution >= 0.6 is 0 Å². The first-order chi connectivity index (χ1) is 37.2. The monoisotopic (exact) mass is 952 g/mol. The zero-order valence-electron chi connectivity index (χ0n) is 41.1. The van der Waals surface area contributed by atoms with Crippen molar-refractivity contribution in [3.63, 3.8) is 0 Å². The summed E-state index contributed by atoms with van der Waals surface area (Å²) in [4.78, 5) is 2.49. The fraction of sp³-hybridized carbons (Fsp3) is 0.0137. The number of para-hydroxylation sites is 2. The molecule has 0 aliphatic heterocycles. The Labute approximate surface area is 437 Å². The maximum Gasteiger partial charge on any atom is 0.0726 e. The molecule has 2 heteroatoms. The molecule has 0 amide bonds. The second kappa shape index (κ2) is 17.2. The molecule has 2 aliphatic carbocycles. The summed E-state index contributed by atoms with van der Waals surface area (Å²) in [5.41, 5.74) is 26.2. The third-order valence-corrected chi connectivity index (χ3v) is 16.0. The molecule has 1 heterocycles. The third kappa shape index (κ3) is 6.66. The van der Waals surface area contributed by atoms with Gasteiger partial charge in [0.05, 0.1) is 22.1 Å². The maximum atomic E-state index is 2.50. The summed E-state index contributed by atoms with van der Waals surface area (Å²) in [5.74, 6) is 0. The van der Waals surface area contributed by atoms with Gasteiger partial charge in [-0.3, -0.25) is 0 Å². The summed E-state index contributed by atoms with van der Waals surface area (Å²) < 4.78 is 2.46. The minimum absolute atomic E-state index is 0.473. The molecular formula is C73H48N2. The molecule has 2 aliphatic rings. The van der Waals surface area contributed by atoms with Gasteiger partial charge >= 0.3 is 0 Å². The van der Waals surface area contributed by atoms with Crippen molar-refractivity contribution in [1.29, 1.82) is 0 Å². The number of aromatic nitrogens is 1. The Morgan fingerprint density at radius 2 is 0.693 bits per heavy atom. The van der Waals surface area contributed by atoms with E-state index < -0.39 is 5.41 Å². The van der Waals surface area contributed by atoms with Crippen LogP contribution in [-0.4, -0.2) is 4.57 Å². The quantitative estimate of drug-likeness (QED) is 0.147. The first kappa shape index (κ1) is 42.9. The highest BCUT2D eigenvalue weighted by molar-refractivity contribution is 6.11. The molecule has 0 radical (unpaired) electrons. The molecule has 75 heavy (non-hydrogen) atoms. The highest BCUT2D eigenvalue weighted by Crippen LogP contribution is 2.63. The number of anilines is 3. The lowest BCUT2D eigenvalue weighted by Gasteiger charge is -2.32. The van der Waals surface area contributed by atoms with Crippen LogP contribution in [0.1, 0.15) is 22.3 Å². The van der Waals surface area contributed by atoms with Gasteiger partial charge in [0.1, 0.15) is 0 Å². The molecule has 0 N–H and O–H groups in total. The van der Waals surface area contributed by atoms with Gasteiger partial charge in [0, 0.05) is 33.4 Å². The predicted molar refractivity (Wildman–Crippen MR) is 314 cm³/mol. The molecule has 1 spiro atoms. The van der Waals surface area contributed by atoms with Gasteiger partial charge in [-0.25, -0.2) is 0 Å². The average molecular weight is 953 g/mol. The van der Waals surface area contributed by atoms with E-state index in [1.807, 2.05) is 0 Å². The van der Waals surface area contributed by atoms with Crippen LogP contribution in [0, 0.1) is 0 Å². The molecule has 0 saturated heterocycles. The molecule has 13 aromatic rings. The lowest BCUT2D eigenvalue weighted by atomic mass is 9.70. The summed E-state index contributed by atoms with van der Waals surface area (Å²) in [7, 11) is 0. The highest BCUT2D eigenvalue weighted by Gasteiger charge is 2.51. The van der Waals surface area contributed by atoms with Crippen LogP contribution in [0.15, 0.2) is 291 Å². The normalized spacial score (nSPS) is 12.6. The molecule has 0 fully saturated rings. The fourth-order valence-electron chi connectivity index (χ4n) is 12.7. The number of hydrogen-bond donors (Lipinski definition) is 0. The van der Waals surface area contributed by atoms with E-state index in [1.165, 1.54) is 94.2 Å². The Bertz CT molecular complexity index is 4220. The van der Waals surface area contributed by atoms with Crippen molar-refractivity contribution >= 4 is 38.9 Å². The topological polar surface area (TPSA) is 8.17 Å². The Morgan fingerprint density at radius 3 is 1.29 bits per heavy atom. The van der Waals surface area contributed by atoms with Crippen LogP contribution in [0.3, 0.4) is 0 Å². The van der Waals surface area contributed by atoms with Gasteiger partial charge in [-0.1, -0.05) is 224 Å². The Hall–Kier alpha value is -9.76. The standard InChI is InChI=1S/C73H48N2/c1-4-20-49(21-5-1)52-36-39-56(40-37-52)74(57-41-42-63-62-29-12-17-33-68(62)73(69(63)48-57)66-31-15-10-27-60(66)61-28-11-16-32-67(61)73)70-34-18-13-26-59(70)53-38-43-72-65(47-53)64-30-14-19-35-71(64)75(72)58-45-54(50-22-6-2-7-23-50)44-55(46-58)51-24-8-3-9-25-51/h1-48H. The van der Waals surface area contributed by atoms with Crippen molar-refractivity contribution in [3.8, 4) is 72.4 Å². The summed E-state index contributed by atoms with van der Waals surface area (Å²) in [6.45, 7) is 0. The maximum absolute atomic E-state index is 2.50.